The van der Waals surface area contributed by atoms with Crippen molar-refractivity contribution < 1.29 is 4.74 Å². The van der Waals surface area contributed by atoms with E-state index in [4.69, 9.17) is 10.5 Å². The van der Waals surface area contributed by atoms with Crippen molar-refractivity contribution in [1.29, 1.82) is 5.26 Å². The molecule has 0 bridgehead atoms. The fraction of sp³-hybridized carbons (Fsp3) is 0.125. The van der Waals surface area contributed by atoms with Gasteiger partial charge in [-0.1, -0.05) is 17.4 Å². The predicted octanol–water partition coefficient (Wildman–Crippen LogP) is 1.64. The molecule has 9 heteroatoms. The van der Waals surface area contributed by atoms with Crippen molar-refractivity contribution in [3.05, 3.63) is 57.5 Å². The lowest BCUT2D eigenvalue weighted by atomic mass is 9.85. The van der Waals surface area contributed by atoms with E-state index in [-0.39, 0.29) is 17.0 Å². The van der Waals surface area contributed by atoms with Gasteiger partial charge in [-0.15, -0.1) is 0 Å². The van der Waals surface area contributed by atoms with Crippen molar-refractivity contribution >= 4 is 26.8 Å². The third kappa shape index (κ3) is 2.23. The number of pyridine rings is 2. The first-order valence-electron chi connectivity index (χ1n) is 7.36. The fourth-order valence-electron chi connectivity index (χ4n) is 2.88. The van der Waals surface area contributed by atoms with Crippen LogP contribution in [0.5, 0.6) is 5.75 Å². The van der Waals surface area contributed by atoms with E-state index in [2.05, 4.69) is 26.3 Å². The van der Waals surface area contributed by atoms with Crippen molar-refractivity contribution in [1.82, 2.24) is 15.0 Å². The van der Waals surface area contributed by atoms with Crippen LogP contribution in [0.25, 0.3) is 10.3 Å². The van der Waals surface area contributed by atoms with E-state index in [1.165, 1.54) is 11.3 Å². The van der Waals surface area contributed by atoms with Crippen LogP contribution in [0, 0.1) is 11.3 Å². The highest BCUT2D eigenvalue weighted by Crippen LogP contribution is 2.44. The zero-order valence-corrected chi connectivity index (χ0v) is 13.8. The molecule has 1 atom stereocenters. The number of nitrogens with one attached hydrogen (secondary N) is 2. The summed E-state index contributed by atoms with van der Waals surface area (Å²) in [6.07, 6.45) is 3.23. The first kappa shape index (κ1) is 15.2. The van der Waals surface area contributed by atoms with Gasteiger partial charge >= 0.3 is 0 Å². The number of hydrogen-bond acceptors (Lipinski definition) is 8. The van der Waals surface area contributed by atoms with E-state index in [1.54, 1.807) is 31.6 Å². The van der Waals surface area contributed by atoms with Gasteiger partial charge in [-0.3, -0.25) is 9.78 Å². The first-order chi connectivity index (χ1) is 12.1. The molecular weight excluding hydrogens is 340 g/mol. The maximum atomic E-state index is 12.7. The van der Waals surface area contributed by atoms with Gasteiger partial charge in [0.1, 0.15) is 16.3 Å². The van der Waals surface area contributed by atoms with Gasteiger partial charge in [0, 0.05) is 19.4 Å². The second kappa shape index (κ2) is 5.61. The minimum absolute atomic E-state index is 0.0184. The van der Waals surface area contributed by atoms with Crippen molar-refractivity contribution in [2.75, 3.05) is 12.4 Å². The Hall–Kier alpha value is -3.38. The number of nitriles is 1. The third-order valence-corrected chi connectivity index (χ3v) is 5.03. The van der Waals surface area contributed by atoms with E-state index in [1.807, 2.05) is 0 Å². The molecule has 0 saturated heterocycles. The van der Waals surface area contributed by atoms with E-state index >= 15 is 0 Å². The number of H-pyrrole nitrogens is 1. The standard InChI is InChI=1S/C16H12N6O2S/c1-19-16-22-14-12(25-16)11-10(15(23)21-14)9(7-3-2-4-20-6-7)8(5-17)13(18)24-11/h2-4,6,9H,18H2,1H3,(H2,19,21,22,23)/t9-/m1/s1. The molecule has 0 radical (unpaired) electrons. The SMILES string of the molecule is CNc1nc2[nH]c(=O)c3c(c2s1)OC(N)=C(C#N)[C@H]3c1cccnc1. The second-order valence-electron chi connectivity index (χ2n) is 5.35. The minimum atomic E-state index is -0.643. The lowest BCUT2D eigenvalue weighted by Crippen LogP contribution is -2.27. The molecule has 0 saturated carbocycles. The molecule has 1 aliphatic rings. The van der Waals surface area contributed by atoms with Gasteiger partial charge in [-0.05, 0) is 11.6 Å². The van der Waals surface area contributed by atoms with Crippen LogP contribution < -0.4 is 21.3 Å². The molecule has 3 aromatic heterocycles. The second-order valence-corrected chi connectivity index (χ2v) is 6.35. The molecule has 0 fully saturated rings. The highest BCUT2D eigenvalue weighted by Gasteiger charge is 2.35. The minimum Gasteiger partial charge on any atom is -0.438 e. The molecule has 0 spiro atoms. The number of thiazole rings is 1. The first-order valence-corrected chi connectivity index (χ1v) is 8.17. The topological polar surface area (TPSA) is 130 Å². The summed E-state index contributed by atoms with van der Waals surface area (Å²) < 4.78 is 6.34. The Kier molecular flexibility index (Phi) is 3.40. The van der Waals surface area contributed by atoms with Crippen molar-refractivity contribution in [3.8, 4) is 11.8 Å². The number of anilines is 1. The van der Waals surface area contributed by atoms with Gasteiger partial charge in [0.05, 0.1) is 11.5 Å². The molecule has 4 N–H and O–H groups in total. The smallest absolute Gasteiger partial charge is 0.257 e. The van der Waals surface area contributed by atoms with E-state index in [9.17, 15) is 10.1 Å². The monoisotopic (exact) mass is 352 g/mol. The van der Waals surface area contributed by atoms with Crippen LogP contribution in [-0.2, 0) is 0 Å². The molecule has 3 aromatic rings. The van der Waals surface area contributed by atoms with Gasteiger partial charge in [0.15, 0.2) is 16.5 Å². The van der Waals surface area contributed by atoms with E-state index < -0.39 is 5.92 Å². The van der Waals surface area contributed by atoms with Crippen LogP contribution in [0.15, 0.2) is 40.8 Å². The highest BCUT2D eigenvalue weighted by molar-refractivity contribution is 7.22. The Bertz CT molecular complexity index is 1110. The number of nitrogens with zero attached hydrogens (tertiary/aromatic N) is 3. The molecule has 1 aliphatic heterocycles. The number of hydrogen-bond donors (Lipinski definition) is 3. The average molecular weight is 352 g/mol. The van der Waals surface area contributed by atoms with Gasteiger partial charge in [-0.2, -0.15) is 5.26 Å². The summed E-state index contributed by atoms with van der Waals surface area (Å²) in [5.41, 5.74) is 7.23. The fourth-order valence-corrected chi connectivity index (χ4v) is 3.75. The summed E-state index contributed by atoms with van der Waals surface area (Å²) in [4.78, 5) is 23.9. The van der Waals surface area contributed by atoms with Gasteiger partial charge in [0.2, 0.25) is 5.88 Å². The Labute approximate surface area is 145 Å². The van der Waals surface area contributed by atoms with Crippen LogP contribution in [-0.4, -0.2) is 22.0 Å². The molecule has 124 valence electrons. The zero-order chi connectivity index (χ0) is 17.6. The Morgan fingerprint density at radius 1 is 1.52 bits per heavy atom. The molecule has 4 rings (SSSR count). The number of aromatic nitrogens is 3. The molecule has 8 nitrogen and oxygen atoms in total. The number of allylic oxidation sites excluding steroid dienone is 1. The number of ether oxygens (including phenoxy) is 1. The average Bonchev–Trinajstić information content (AvgIpc) is 3.04. The lowest BCUT2D eigenvalue weighted by molar-refractivity contribution is 0.397. The van der Waals surface area contributed by atoms with E-state index in [0.29, 0.717) is 32.4 Å². The molecule has 0 aliphatic carbocycles. The predicted molar refractivity (Wildman–Crippen MR) is 93.3 cm³/mol. The zero-order valence-electron chi connectivity index (χ0n) is 13.0. The van der Waals surface area contributed by atoms with E-state index in [0.717, 1.165) is 0 Å². The molecule has 25 heavy (non-hydrogen) atoms. The Morgan fingerprint density at radius 2 is 2.36 bits per heavy atom. The quantitative estimate of drug-likeness (QED) is 0.639. The largest absolute Gasteiger partial charge is 0.438 e. The van der Waals surface area contributed by atoms with Crippen LogP contribution >= 0.6 is 11.3 Å². The summed E-state index contributed by atoms with van der Waals surface area (Å²) >= 11 is 1.33. The van der Waals surface area contributed by atoms with Crippen molar-refractivity contribution in [3.63, 3.8) is 0 Å². The van der Waals surface area contributed by atoms with Crippen LogP contribution in [0.1, 0.15) is 17.0 Å². The Morgan fingerprint density at radius 3 is 3.04 bits per heavy atom. The maximum absolute atomic E-state index is 12.7. The summed E-state index contributed by atoms with van der Waals surface area (Å²) in [5, 5.41) is 13.1. The molecular formula is C16H12N6O2S. The normalized spacial score (nSPS) is 16.2. The summed E-state index contributed by atoms with van der Waals surface area (Å²) in [6.45, 7) is 0. The van der Waals surface area contributed by atoms with Gasteiger partial charge in [-0.25, -0.2) is 4.98 Å². The maximum Gasteiger partial charge on any atom is 0.257 e. The van der Waals surface area contributed by atoms with Crippen molar-refractivity contribution in [2.24, 2.45) is 5.73 Å². The van der Waals surface area contributed by atoms with Gasteiger partial charge < -0.3 is 20.8 Å². The summed E-state index contributed by atoms with van der Waals surface area (Å²) in [5.74, 6) is -0.325. The summed E-state index contributed by atoms with van der Waals surface area (Å²) in [6, 6.07) is 5.60. The molecule has 0 unspecified atom stereocenters. The number of aromatic amines is 1. The molecule has 4 heterocycles. The lowest BCUT2D eigenvalue weighted by Gasteiger charge is -2.25. The number of nitrogens with two attached hydrogens (primary N) is 1. The highest BCUT2D eigenvalue weighted by atomic mass is 32.1. The van der Waals surface area contributed by atoms with Crippen LogP contribution in [0.3, 0.4) is 0 Å². The van der Waals surface area contributed by atoms with Gasteiger partial charge in [0.25, 0.3) is 5.56 Å². The van der Waals surface area contributed by atoms with Crippen molar-refractivity contribution in [2.45, 2.75) is 5.92 Å². The Balaban J connectivity index is 2.07. The van der Waals surface area contributed by atoms with Crippen LogP contribution in [0.4, 0.5) is 5.13 Å². The number of rotatable bonds is 2. The van der Waals surface area contributed by atoms with Crippen LogP contribution in [0.2, 0.25) is 0 Å². The third-order valence-electron chi connectivity index (χ3n) is 3.96. The summed E-state index contributed by atoms with van der Waals surface area (Å²) in [7, 11) is 1.74. The molecule has 0 amide bonds. The number of fused-ring (bicyclic) bond motifs is 3. The molecule has 0 aromatic carbocycles.